The van der Waals surface area contributed by atoms with Gasteiger partial charge < -0.3 is 16.0 Å². The lowest BCUT2D eigenvalue weighted by molar-refractivity contribution is -0.121. The molecule has 0 spiro atoms. The summed E-state index contributed by atoms with van der Waals surface area (Å²) in [4.78, 5) is 27.5. The predicted molar refractivity (Wildman–Crippen MR) is 75.2 cm³/mol. The number of amides is 2. The van der Waals surface area contributed by atoms with Gasteiger partial charge in [0.1, 0.15) is 5.69 Å². The first-order valence-corrected chi connectivity index (χ1v) is 6.86. The van der Waals surface area contributed by atoms with Crippen LogP contribution in [0.25, 0.3) is 0 Å². The Morgan fingerprint density at radius 1 is 1.45 bits per heavy atom. The standard InChI is InChI=1S/C14H20N4O2/c1-10-5-7-15-8-12(10)18-13(19)9-17-14(20)11-4-2-3-6-16-11/h2-4,6,10,12,15H,5,7-9H2,1H3,(H,17,20)(H,18,19). The zero-order valence-electron chi connectivity index (χ0n) is 11.6. The number of carbonyl (C=O) groups is 2. The number of carbonyl (C=O) groups excluding carboxylic acids is 2. The summed E-state index contributed by atoms with van der Waals surface area (Å²) in [6.07, 6.45) is 2.59. The summed E-state index contributed by atoms with van der Waals surface area (Å²) in [6, 6.07) is 5.21. The lowest BCUT2D eigenvalue weighted by atomic mass is 9.95. The molecule has 3 N–H and O–H groups in total. The van der Waals surface area contributed by atoms with Crippen LogP contribution in [0.2, 0.25) is 0 Å². The fourth-order valence-corrected chi connectivity index (χ4v) is 2.19. The molecule has 2 atom stereocenters. The van der Waals surface area contributed by atoms with Crippen LogP contribution in [0.1, 0.15) is 23.8 Å². The lowest BCUT2D eigenvalue weighted by Crippen LogP contribution is -2.52. The van der Waals surface area contributed by atoms with Crippen LogP contribution in [0, 0.1) is 5.92 Å². The number of hydrogen-bond acceptors (Lipinski definition) is 4. The molecule has 1 aliphatic rings. The molecule has 0 saturated carbocycles. The summed E-state index contributed by atoms with van der Waals surface area (Å²) >= 11 is 0. The topological polar surface area (TPSA) is 83.1 Å². The molecule has 0 radical (unpaired) electrons. The Balaban J connectivity index is 1.76. The van der Waals surface area contributed by atoms with E-state index in [1.54, 1.807) is 24.4 Å². The molecule has 6 nitrogen and oxygen atoms in total. The maximum Gasteiger partial charge on any atom is 0.270 e. The van der Waals surface area contributed by atoms with Crippen molar-refractivity contribution in [2.45, 2.75) is 19.4 Å². The van der Waals surface area contributed by atoms with E-state index in [1.165, 1.54) is 0 Å². The van der Waals surface area contributed by atoms with Gasteiger partial charge in [-0.05, 0) is 31.0 Å². The van der Waals surface area contributed by atoms with Crippen molar-refractivity contribution in [2.24, 2.45) is 5.92 Å². The third-order valence-electron chi connectivity index (χ3n) is 3.48. The number of nitrogens with one attached hydrogen (secondary N) is 3. The summed E-state index contributed by atoms with van der Waals surface area (Å²) in [5, 5.41) is 8.76. The van der Waals surface area contributed by atoms with Crippen molar-refractivity contribution in [1.82, 2.24) is 20.9 Å². The molecule has 2 heterocycles. The number of piperidine rings is 1. The van der Waals surface area contributed by atoms with Gasteiger partial charge in [-0.25, -0.2) is 0 Å². The highest BCUT2D eigenvalue weighted by Crippen LogP contribution is 2.10. The van der Waals surface area contributed by atoms with Crippen LogP contribution < -0.4 is 16.0 Å². The first kappa shape index (κ1) is 14.5. The van der Waals surface area contributed by atoms with Crippen molar-refractivity contribution < 1.29 is 9.59 Å². The van der Waals surface area contributed by atoms with Gasteiger partial charge in [0.05, 0.1) is 6.54 Å². The van der Waals surface area contributed by atoms with Crippen molar-refractivity contribution >= 4 is 11.8 Å². The molecule has 108 valence electrons. The number of nitrogens with zero attached hydrogens (tertiary/aromatic N) is 1. The Morgan fingerprint density at radius 3 is 3.00 bits per heavy atom. The number of pyridine rings is 1. The largest absolute Gasteiger partial charge is 0.350 e. The quantitative estimate of drug-likeness (QED) is 0.718. The molecule has 0 aliphatic carbocycles. The molecular weight excluding hydrogens is 256 g/mol. The zero-order valence-corrected chi connectivity index (χ0v) is 11.6. The van der Waals surface area contributed by atoms with Gasteiger partial charge in [0, 0.05) is 18.8 Å². The van der Waals surface area contributed by atoms with Crippen LogP contribution in [0.5, 0.6) is 0 Å². The van der Waals surface area contributed by atoms with Crippen LogP contribution in [0.3, 0.4) is 0 Å². The maximum absolute atomic E-state index is 11.8. The molecule has 1 aromatic rings. The van der Waals surface area contributed by atoms with E-state index in [1.807, 2.05) is 0 Å². The average molecular weight is 276 g/mol. The molecule has 1 aliphatic heterocycles. The van der Waals surface area contributed by atoms with E-state index < -0.39 is 0 Å². The zero-order chi connectivity index (χ0) is 14.4. The smallest absolute Gasteiger partial charge is 0.270 e. The van der Waals surface area contributed by atoms with Crippen LogP contribution in [-0.4, -0.2) is 42.5 Å². The minimum atomic E-state index is -0.337. The Hall–Kier alpha value is -1.95. The molecule has 2 rings (SSSR count). The van der Waals surface area contributed by atoms with Gasteiger partial charge in [-0.1, -0.05) is 13.0 Å². The van der Waals surface area contributed by atoms with Gasteiger partial charge in [-0.2, -0.15) is 0 Å². The molecule has 20 heavy (non-hydrogen) atoms. The Kier molecular flexibility index (Phi) is 5.06. The minimum absolute atomic E-state index is 0.0291. The first-order valence-electron chi connectivity index (χ1n) is 6.86. The van der Waals surface area contributed by atoms with E-state index in [9.17, 15) is 9.59 Å². The van der Waals surface area contributed by atoms with Crippen molar-refractivity contribution in [3.05, 3.63) is 30.1 Å². The molecule has 1 saturated heterocycles. The van der Waals surface area contributed by atoms with Crippen molar-refractivity contribution in [3.63, 3.8) is 0 Å². The van der Waals surface area contributed by atoms with E-state index in [0.717, 1.165) is 19.5 Å². The number of hydrogen-bond donors (Lipinski definition) is 3. The van der Waals surface area contributed by atoms with Gasteiger partial charge in [0.2, 0.25) is 5.91 Å². The minimum Gasteiger partial charge on any atom is -0.350 e. The number of rotatable bonds is 4. The average Bonchev–Trinajstić information content (AvgIpc) is 2.48. The van der Waals surface area contributed by atoms with Crippen molar-refractivity contribution in [2.75, 3.05) is 19.6 Å². The summed E-state index contributed by atoms with van der Waals surface area (Å²) in [5.41, 5.74) is 0.313. The van der Waals surface area contributed by atoms with E-state index in [0.29, 0.717) is 11.6 Å². The summed E-state index contributed by atoms with van der Waals surface area (Å²) in [7, 11) is 0. The molecule has 6 heteroatoms. The van der Waals surface area contributed by atoms with Gasteiger partial charge in [0.25, 0.3) is 5.91 Å². The molecule has 1 aromatic heterocycles. The van der Waals surface area contributed by atoms with E-state index in [4.69, 9.17) is 0 Å². The SMILES string of the molecule is CC1CCNCC1NC(=O)CNC(=O)c1ccccn1. The highest BCUT2D eigenvalue weighted by atomic mass is 16.2. The van der Waals surface area contributed by atoms with Crippen LogP contribution in [0.15, 0.2) is 24.4 Å². The fourth-order valence-electron chi connectivity index (χ4n) is 2.19. The van der Waals surface area contributed by atoms with E-state index in [2.05, 4.69) is 27.9 Å². The third-order valence-corrected chi connectivity index (χ3v) is 3.48. The Bertz CT molecular complexity index is 464. The van der Waals surface area contributed by atoms with E-state index >= 15 is 0 Å². The third kappa shape index (κ3) is 4.03. The second-order valence-electron chi connectivity index (χ2n) is 5.04. The normalized spacial score (nSPS) is 22.1. The Morgan fingerprint density at radius 2 is 2.30 bits per heavy atom. The van der Waals surface area contributed by atoms with Crippen LogP contribution in [0.4, 0.5) is 0 Å². The second kappa shape index (κ2) is 7.00. The summed E-state index contributed by atoms with van der Waals surface area (Å²) in [6.45, 7) is 3.86. The van der Waals surface area contributed by atoms with Crippen molar-refractivity contribution in [1.29, 1.82) is 0 Å². The molecule has 2 unspecified atom stereocenters. The van der Waals surface area contributed by atoms with Gasteiger partial charge in [-0.15, -0.1) is 0 Å². The van der Waals surface area contributed by atoms with E-state index in [-0.39, 0.29) is 24.4 Å². The molecule has 0 aromatic carbocycles. The predicted octanol–water partition coefficient (Wildman–Crippen LogP) is -0.0744. The molecule has 2 amide bonds. The van der Waals surface area contributed by atoms with Crippen molar-refractivity contribution in [3.8, 4) is 0 Å². The van der Waals surface area contributed by atoms with Crippen LogP contribution in [-0.2, 0) is 4.79 Å². The van der Waals surface area contributed by atoms with Gasteiger partial charge in [0.15, 0.2) is 0 Å². The van der Waals surface area contributed by atoms with Gasteiger partial charge in [-0.3, -0.25) is 14.6 Å². The maximum atomic E-state index is 11.8. The monoisotopic (exact) mass is 276 g/mol. The summed E-state index contributed by atoms with van der Waals surface area (Å²) in [5.74, 6) is -0.0582. The number of aromatic nitrogens is 1. The molecule has 0 bridgehead atoms. The van der Waals surface area contributed by atoms with Gasteiger partial charge >= 0.3 is 0 Å². The highest BCUT2D eigenvalue weighted by Gasteiger charge is 2.22. The Labute approximate surface area is 118 Å². The highest BCUT2D eigenvalue weighted by molar-refractivity contribution is 5.94. The fraction of sp³-hybridized carbons (Fsp3) is 0.500. The molecule has 1 fully saturated rings. The second-order valence-corrected chi connectivity index (χ2v) is 5.04. The lowest BCUT2D eigenvalue weighted by Gasteiger charge is -2.30. The molecular formula is C14H20N4O2. The summed E-state index contributed by atoms with van der Waals surface area (Å²) < 4.78 is 0. The first-order chi connectivity index (χ1) is 9.66. The van der Waals surface area contributed by atoms with Crippen LogP contribution >= 0.6 is 0 Å².